The van der Waals surface area contributed by atoms with Crippen LogP contribution in [0.1, 0.15) is 0 Å². The van der Waals surface area contributed by atoms with Crippen LogP contribution in [0.15, 0.2) is 0 Å². The van der Waals surface area contributed by atoms with E-state index < -0.39 is 74.6 Å². The van der Waals surface area contributed by atoms with E-state index in [0.29, 0.717) is 0 Å². The van der Waals surface area contributed by atoms with Crippen molar-refractivity contribution < 1.29 is 55.1 Å². The third-order valence-electron chi connectivity index (χ3n) is 3.98. The Morgan fingerprint density at radius 3 is 1.83 bits per heavy atom. The lowest BCUT2D eigenvalue weighted by Crippen LogP contribution is -2.64. The second-order valence-corrected chi connectivity index (χ2v) is 5.53. The van der Waals surface area contributed by atoms with Gasteiger partial charge in [0.1, 0.15) is 48.8 Å². The van der Waals surface area contributed by atoms with Crippen LogP contribution in [0.5, 0.6) is 0 Å². The molecular formula is C12H22O11. The largest absolute Gasteiger partial charge is 0.394 e. The van der Waals surface area contributed by atoms with Gasteiger partial charge in [0.15, 0.2) is 12.6 Å². The lowest BCUT2D eigenvalue weighted by Gasteiger charge is -2.45. The van der Waals surface area contributed by atoms with Gasteiger partial charge in [-0.25, -0.2) is 0 Å². The van der Waals surface area contributed by atoms with Gasteiger partial charge in [-0.1, -0.05) is 0 Å². The van der Waals surface area contributed by atoms with Crippen molar-refractivity contribution in [1.82, 2.24) is 0 Å². The first-order valence-electron chi connectivity index (χ1n) is 7.08. The molecule has 2 aliphatic heterocycles. The standard InChI is InChI=1S/C12H22O11/c13-1-3-5(15)6(16)9(19)12(22-3)23-10-4(2-14)21-11(20)8(18)7(10)17/h3-20H,1-2H2/t3-,4+,5+,6+,7+,8+,9-,10+,11?,12+/m0/s1. The van der Waals surface area contributed by atoms with Crippen molar-refractivity contribution in [3.63, 3.8) is 0 Å². The summed E-state index contributed by atoms with van der Waals surface area (Å²) in [6.07, 6.45) is -15.6. The minimum Gasteiger partial charge on any atom is -0.394 e. The molecule has 0 amide bonds. The molecule has 2 saturated heterocycles. The van der Waals surface area contributed by atoms with Crippen molar-refractivity contribution in [2.24, 2.45) is 0 Å². The Morgan fingerprint density at radius 2 is 1.26 bits per heavy atom. The molecule has 2 rings (SSSR count). The van der Waals surface area contributed by atoms with Gasteiger partial charge in [-0.2, -0.15) is 0 Å². The molecule has 0 aromatic rings. The fraction of sp³-hybridized carbons (Fsp3) is 1.00. The first-order chi connectivity index (χ1) is 10.8. The summed E-state index contributed by atoms with van der Waals surface area (Å²) in [4.78, 5) is 0. The van der Waals surface area contributed by atoms with Gasteiger partial charge in [0.05, 0.1) is 13.2 Å². The SMILES string of the molecule is OC[C@@H]1O[C@H](O[C@H]2[C@H](O)[C@@H](O)C(O)O[C@@H]2CO)[C@@H](O)[C@H](O)[C@@H]1O. The van der Waals surface area contributed by atoms with Gasteiger partial charge in [-0.3, -0.25) is 0 Å². The maximum absolute atomic E-state index is 9.94. The fourth-order valence-corrected chi connectivity index (χ4v) is 2.57. The normalized spacial score (nSPS) is 51.7. The van der Waals surface area contributed by atoms with E-state index >= 15 is 0 Å². The summed E-state index contributed by atoms with van der Waals surface area (Å²) in [5, 5.41) is 76.5. The van der Waals surface area contributed by atoms with Gasteiger partial charge < -0.3 is 55.1 Å². The predicted molar refractivity (Wildman–Crippen MR) is 68.6 cm³/mol. The molecule has 0 saturated carbocycles. The van der Waals surface area contributed by atoms with Crippen LogP contribution in [0.3, 0.4) is 0 Å². The Labute approximate surface area is 130 Å². The molecule has 0 radical (unpaired) electrons. The molecule has 1 unspecified atom stereocenters. The average molecular weight is 342 g/mol. The molecule has 2 aliphatic rings. The van der Waals surface area contributed by atoms with Crippen LogP contribution in [0.4, 0.5) is 0 Å². The number of aliphatic hydroxyl groups excluding tert-OH is 8. The van der Waals surface area contributed by atoms with Crippen molar-refractivity contribution in [3.8, 4) is 0 Å². The van der Waals surface area contributed by atoms with E-state index in [9.17, 15) is 35.7 Å². The van der Waals surface area contributed by atoms with E-state index in [-0.39, 0.29) is 0 Å². The number of ether oxygens (including phenoxy) is 3. The fourth-order valence-electron chi connectivity index (χ4n) is 2.57. The average Bonchev–Trinajstić information content (AvgIpc) is 2.55. The summed E-state index contributed by atoms with van der Waals surface area (Å²) in [6, 6.07) is 0. The Bertz CT molecular complexity index is 378. The second-order valence-electron chi connectivity index (χ2n) is 5.53. The van der Waals surface area contributed by atoms with Crippen molar-refractivity contribution in [3.05, 3.63) is 0 Å². The van der Waals surface area contributed by atoms with Crippen LogP contribution < -0.4 is 0 Å². The Kier molecular flexibility index (Phi) is 6.27. The Hall–Kier alpha value is -0.440. The molecule has 0 bridgehead atoms. The number of aliphatic hydroxyl groups is 8. The van der Waals surface area contributed by atoms with Crippen LogP contribution in [-0.2, 0) is 14.2 Å². The predicted octanol–water partition coefficient (Wildman–Crippen LogP) is -5.40. The van der Waals surface area contributed by atoms with Crippen molar-refractivity contribution >= 4 is 0 Å². The highest BCUT2D eigenvalue weighted by atomic mass is 16.7. The van der Waals surface area contributed by atoms with Crippen LogP contribution in [0.2, 0.25) is 0 Å². The maximum Gasteiger partial charge on any atom is 0.187 e. The van der Waals surface area contributed by atoms with Crippen molar-refractivity contribution in [1.29, 1.82) is 0 Å². The summed E-state index contributed by atoms with van der Waals surface area (Å²) in [6.45, 7) is -1.35. The van der Waals surface area contributed by atoms with E-state index in [2.05, 4.69) is 0 Å². The van der Waals surface area contributed by atoms with Gasteiger partial charge >= 0.3 is 0 Å². The number of hydrogen-bond donors (Lipinski definition) is 8. The first-order valence-corrected chi connectivity index (χ1v) is 7.08. The molecule has 10 atom stereocenters. The van der Waals surface area contributed by atoms with E-state index in [0.717, 1.165) is 0 Å². The zero-order valence-corrected chi connectivity index (χ0v) is 12.0. The van der Waals surface area contributed by atoms with E-state index in [1.165, 1.54) is 0 Å². The molecule has 0 aromatic heterocycles. The highest BCUT2D eigenvalue weighted by Gasteiger charge is 2.50. The highest BCUT2D eigenvalue weighted by Crippen LogP contribution is 2.28. The molecule has 0 spiro atoms. The summed E-state index contributed by atoms with van der Waals surface area (Å²) in [5.41, 5.74) is 0. The van der Waals surface area contributed by atoms with E-state index in [1.54, 1.807) is 0 Å². The Balaban J connectivity index is 2.11. The lowest BCUT2D eigenvalue weighted by molar-refractivity contribution is -0.355. The Morgan fingerprint density at radius 1 is 0.652 bits per heavy atom. The van der Waals surface area contributed by atoms with Gasteiger partial charge in [0, 0.05) is 0 Å². The third kappa shape index (κ3) is 3.65. The second kappa shape index (κ2) is 7.63. The van der Waals surface area contributed by atoms with E-state index in [1.807, 2.05) is 0 Å². The smallest absolute Gasteiger partial charge is 0.187 e. The summed E-state index contributed by atoms with van der Waals surface area (Å²) >= 11 is 0. The van der Waals surface area contributed by atoms with Crippen LogP contribution in [0, 0.1) is 0 Å². The third-order valence-corrected chi connectivity index (χ3v) is 3.98. The summed E-state index contributed by atoms with van der Waals surface area (Å²) in [7, 11) is 0. The van der Waals surface area contributed by atoms with Gasteiger partial charge in [0.25, 0.3) is 0 Å². The first kappa shape index (κ1) is 18.9. The van der Waals surface area contributed by atoms with Crippen LogP contribution in [0.25, 0.3) is 0 Å². The topological polar surface area (TPSA) is 190 Å². The van der Waals surface area contributed by atoms with Gasteiger partial charge in [0.2, 0.25) is 0 Å². The molecule has 11 nitrogen and oxygen atoms in total. The van der Waals surface area contributed by atoms with Gasteiger partial charge in [-0.05, 0) is 0 Å². The molecule has 0 aliphatic carbocycles. The van der Waals surface area contributed by atoms with Crippen LogP contribution >= 0.6 is 0 Å². The zero-order chi connectivity index (χ0) is 17.3. The molecule has 8 N–H and O–H groups in total. The quantitative estimate of drug-likeness (QED) is 0.243. The molecular weight excluding hydrogens is 320 g/mol. The van der Waals surface area contributed by atoms with Crippen molar-refractivity contribution in [2.75, 3.05) is 13.2 Å². The molecule has 2 heterocycles. The minimum atomic E-state index is -1.74. The van der Waals surface area contributed by atoms with Crippen molar-refractivity contribution in [2.45, 2.75) is 61.4 Å². The van der Waals surface area contributed by atoms with Gasteiger partial charge in [-0.15, -0.1) is 0 Å². The minimum absolute atomic E-state index is 0.667. The molecule has 2 fully saturated rings. The monoisotopic (exact) mass is 342 g/mol. The highest BCUT2D eigenvalue weighted by molar-refractivity contribution is 4.93. The molecule has 136 valence electrons. The molecule has 0 aromatic carbocycles. The number of hydrogen-bond acceptors (Lipinski definition) is 11. The number of rotatable bonds is 4. The summed E-state index contributed by atoms with van der Waals surface area (Å²) in [5.74, 6) is 0. The lowest BCUT2D eigenvalue weighted by atomic mass is 9.97. The molecule has 11 heteroatoms. The maximum atomic E-state index is 9.94. The van der Waals surface area contributed by atoms with E-state index in [4.69, 9.17) is 19.3 Å². The molecule has 23 heavy (non-hydrogen) atoms. The van der Waals surface area contributed by atoms with Crippen LogP contribution in [-0.4, -0.2) is 115 Å². The zero-order valence-electron chi connectivity index (χ0n) is 12.0. The summed E-state index contributed by atoms with van der Waals surface area (Å²) < 4.78 is 15.3.